The van der Waals surface area contributed by atoms with Crippen LogP contribution >= 0.6 is 11.6 Å². The molecule has 9 heavy (non-hydrogen) atoms. The molecule has 0 fully saturated rings. The minimum atomic E-state index is 0.603. The van der Waals surface area contributed by atoms with E-state index in [1.54, 1.807) is 0 Å². The van der Waals surface area contributed by atoms with Gasteiger partial charge in [0.15, 0.2) is 0 Å². The van der Waals surface area contributed by atoms with E-state index in [-0.39, 0.29) is 0 Å². The molecule has 0 aliphatic heterocycles. The van der Waals surface area contributed by atoms with Gasteiger partial charge >= 0.3 is 0 Å². The van der Waals surface area contributed by atoms with Crippen molar-refractivity contribution in [2.24, 2.45) is 5.92 Å². The summed E-state index contributed by atoms with van der Waals surface area (Å²) in [6.07, 6.45) is 2.47. The van der Waals surface area contributed by atoms with Crippen molar-refractivity contribution >= 4 is 11.6 Å². The Hall–Kier alpha value is 0.290. The molecule has 0 N–H and O–H groups in total. The summed E-state index contributed by atoms with van der Waals surface area (Å²) in [6.45, 7) is 6.57. The van der Waals surface area contributed by atoms with E-state index >= 15 is 0 Å². The second kappa shape index (κ2) is 5.10. The molecule has 55 valence electrons. The zero-order valence-electron chi connectivity index (χ0n) is 6.58. The molecule has 0 aliphatic carbocycles. The van der Waals surface area contributed by atoms with Gasteiger partial charge in [0.1, 0.15) is 0 Å². The van der Waals surface area contributed by atoms with Crippen LogP contribution in [0, 0.1) is 11.8 Å². The van der Waals surface area contributed by atoms with Gasteiger partial charge in [0.25, 0.3) is 0 Å². The van der Waals surface area contributed by atoms with E-state index in [0.717, 1.165) is 5.88 Å². The maximum absolute atomic E-state index is 5.66. The van der Waals surface area contributed by atoms with Crippen LogP contribution in [-0.4, -0.2) is 5.88 Å². The monoisotopic (exact) mass is 147 g/mol. The lowest BCUT2D eigenvalue weighted by molar-refractivity contribution is 0.604. The van der Waals surface area contributed by atoms with Crippen molar-refractivity contribution in [2.45, 2.75) is 33.6 Å². The van der Waals surface area contributed by atoms with E-state index in [4.69, 9.17) is 11.6 Å². The minimum Gasteiger partial charge on any atom is -0.126 e. The summed E-state index contributed by atoms with van der Waals surface area (Å²) >= 11 is 5.66. The maximum Gasteiger partial charge on any atom is 0.0254 e. The predicted octanol–water partition coefficient (Wildman–Crippen LogP) is 3.26. The van der Waals surface area contributed by atoms with E-state index in [9.17, 15) is 0 Å². The average molecular weight is 148 g/mol. The van der Waals surface area contributed by atoms with Crippen LogP contribution in [0.3, 0.4) is 0 Å². The maximum atomic E-state index is 5.66. The Kier molecular flexibility index (Phi) is 5.27. The van der Waals surface area contributed by atoms with Crippen LogP contribution in [0.25, 0.3) is 0 Å². The Morgan fingerprint density at radius 1 is 1.56 bits per heavy atom. The van der Waals surface area contributed by atoms with E-state index in [1.807, 2.05) is 0 Å². The van der Waals surface area contributed by atoms with Crippen LogP contribution in [0.1, 0.15) is 33.6 Å². The molecule has 1 atom stereocenters. The number of alkyl halides is 1. The molecule has 0 nitrogen and oxygen atoms in total. The first-order valence-corrected chi connectivity index (χ1v) is 4.14. The first kappa shape index (κ1) is 9.29. The van der Waals surface area contributed by atoms with Crippen molar-refractivity contribution in [1.29, 1.82) is 0 Å². The number of halogens is 1. The van der Waals surface area contributed by atoms with Crippen molar-refractivity contribution < 1.29 is 0 Å². The highest BCUT2D eigenvalue weighted by atomic mass is 35.5. The van der Waals surface area contributed by atoms with Crippen molar-refractivity contribution in [1.82, 2.24) is 0 Å². The van der Waals surface area contributed by atoms with Gasteiger partial charge in [0, 0.05) is 5.88 Å². The quantitative estimate of drug-likeness (QED) is 0.536. The Labute approximate surface area is 63.6 Å². The molecule has 1 radical (unpaired) electrons. The number of hydrogen-bond acceptors (Lipinski definition) is 0. The fourth-order valence-electron chi connectivity index (χ4n) is 0.772. The van der Waals surface area contributed by atoms with Gasteiger partial charge in [-0.3, -0.25) is 0 Å². The highest BCUT2D eigenvalue weighted by Crippen LogP contribution is 2.19. The third kappa shape index (κ3) is 3.80. The first-order valence-electron chi connectivity index (χ1n) is 3.60. The lowest BCUT2D eigenvalue weighted by Gasteiger charge is -2.14. The van der Waals surface area contributed by atoms with Gasteiger partial charge in [-0.05, 0) is 18.3 Å². The molecule has 0 bridgehead atoms. The van der Waals surface area contributed by atoms with Crippen LogP contribution in [-0.2, 0) is 0 Å². The van der Waals surface area contributed by atoms with E-state index in [0.29, 0.717) is 5.92 Å². The molecule has 0 aromatic rings. The molecule has 0 saturated carbocycles. The Bertz CT molecular complexity index is 61.6. The topological polar surface area (TPSA) is 0 Å². The molecule has 0 amide bonds. The van der Waals surface area contributed by atoms with E-state index in [2.05, 4.69) is 20.8 Å². The standard InChI is InChI=1S/C8H16Cl/c1-4-5-7(2)8(3)6-9/h8H,4-6H2,1-3H3. The average Bonchev–Trinajstić information content (AvgIpc) is 1.87. The Morgan fingerprint density at radius 2 is 2.11 bits per heavy atom. The third-order valence-electron chi connectivity index (χ3n) is 1.72. The van der Waals surface area contributed by atoms with Crippen LogP contribution in [0.2, 0.25) is 0 Å². The minimum absolute atomic E-state index is 0.603. The summed E-state index contributed by atoms with van der Waals surface area (Å²) in [6, 6.07) is 0. The fraction of sp³-hybridized carbons (Fsp3) is 0.875. The Morgan fingerprint density at radius 3 is 2.44 bits per heavy atom. The van der Waals surface area contributed by atoms with Crippen molar-refractivity contribution in [3.63, 3.8) is 0 Å². The van der Waals surface area contributed by atoms with Crippen LogP contribution in [0.5, 0.6) is 0 Å². The zero-order valence-corrected chi connectivity index (χ0v) is 7.33. The summed E-state index contributed by atoms with van der Waals surface area (Å²) < 4.78 is 0. The zero-order chi connectivity index (χ0) is 7.28. The van der Waals surface area contributed by atoms with E-state index in [1.165, 1.54) is 18.8 Å². The molecule has 1 heteroatoms. The van der Waals surface area contributed by atoms with Crippen molar-refractivity contribution in [3.05, 3.63) is 5.92 Å². The molecule has 1 unspecified atom stereocenters. The SMILES string of the molecule is CCC[C](C)C(C)CCl. The summed E-state index contributed by atoms with van der Waals surface area (Å²) in [5.41, 5.74) is 0. The summed E-state index contributed by atoms with van der Waals surface area (Å²) in [7, 11) is 0. The molecule has 0 heterocycles. The third-order valence-corrected chi connectivity index (χ3v) is 2.18. The molecule has 0 aromatic carbocycles. The molecule has 0 saturated heterocycles. The summed E-state index contributed by atoms with van der Waals surface area (Å²) in [4.78, 5) is 0. The van der Waals surface area contributed by atoms with Gasteiger partial charge in [0.05, 0.1) is 0 Å². The number of rotatable bonds is 4. The van der Waals surface area contributed by atoms with Crippen molar-refractivity contribution in [2.75, 3.05) is 5.88 Å². The molecular formula is C8H16Cl. The summed E-state index contributed by atoms with van der Waals surface area (Å²) in [5.74, 6) is 2.91. The van der Waals surface area contributed by atoms with Crippen LogP contribution < -0.4 is 0 Å². The van der Waals surface area contributed by atoms with Crippen molar-refractivity contribution in [3.8, 4) is 0 Å². The first-order chi connectivity index (χ1) is 4.22. The molecule has 0 rings (SSSR count). The van der Waals surface area contributed by atoms with E-state index < -0.39 is 0 Å². The van der Waals surface area contributed by atoms with Gasteiger partial charge in [-0.25, -0.2) is 0 Å². The highest BCUT2D eigenvalue weighted by molar-refractivity contribution is 6.18. The predicted molar refractivity (Wildman–Crippen MR) is 43.7 cm³/mol. The second-order valence-corrected chi connectivity index (χ2v) is 2.96. The molecule has 0 aromatic heterocycles. The largest absolute Gasteiger partial charge is 0.126 e. The second-order valence-electron chi connectivity index (χ2n) is 2.65. The van der Waals surface area contributed by atoms with Crippen LogP contribution in [0.4, 0.5) is 0 Å². The van der Waals surface area contributed by atoms with Gasteiger partial charge in [0.2, 0.25) is 0 Å². The fourth-order valence-corrected chi connectivity index (χ4v) is 1.04. The molecule has 0 spiro atoms. The molecule has 0 aliphatic rings. The van der Waals surface area contributed by atoms with Gasteiger partial charge in [-0.15, -0.1) is 11.6 Å². The lowest BCUT2D eigenvalue weighted by Crippen LogP contribution is -2.06. The lowest BCUT2D eigenvalue weighted by atomic mass is 9.94. The van der Waals surface area contributed by atoms with Crippen LogP contribution in [0.15, 0.2) is 0 Å². The number of hydrogen-bond donors (Lipinski definition) is 0. The normalized spacial score (nSPS) is 14.3. The van der Waals surface area contributed by atoms with Gasteiger partial charge in [-0.1, -0.05) is 27.2 Å². The molecular weight excluding hydrogens is 132 g/mol. The van der Waals surface area contributed by atoms with Gasteiger partial charge in [-0.2, -0.15) is 0 Å². The highest BCUT2D eigenvalue weighted by Gasteiger charge is 2.09. The smallest absolute Gasteiger partial charge is 0.0254 e. The van der Waals surface area contributed by atoms with Gasteiger partial charge < -0.3 is 0 Å². The summed E-state index contributed by atoms with van der Waals surface area (Å²) in [5, 5.41) is 0. The Balaban J connectivity index is 3.32.